The van der Waals surface area contributed by atoms with Crippen LogP contribution in [0.4, 0.5) is 0 Å². The first-order valence-electron chi connectivity index (χ1n) is 13.6. The molecule has 0 bridgehead atoms. The quantitative estimate of drug-likeness (QED) is 0.306. The van der Waals surface area contributed by atoms with Gasteiger partial charge in [-0.25, -0.2) is 9.97 Å². The molecular formula is C31H31N3O7. The number of hydrogen-bond acceptors (Lipinski definition) is 9. The molecule has 1 saturated heterocycles. The Balaban J connectivity index is 1.33. The number of methoxy groups -OCH3 is 2. The Morgan fingerprint density at radius 2 is 1.78 bits per heavy atom. The molecule has 41 heavy (non-hydrogen) atoms. The number of ether oxygens (including phenoxy) is 5. The molecule has 212 valence electrons. The highest BCUT2D eigenvalue weighted by molar-refractivity contribution is 5.96. The van der Waals surface area contributed by atoms with E-state index >= 15 is 0 Å². The number of carboxylic acids is 1. The molecule has 0 amide bonds. The lowest BCUT2D eigenvalue weighted by Gasteiger charge is -2.33. The lowest BCUT2D eigenvalue weighted by molar-refractivity contribution is -0.144. The second kappa shape index (κ2) is 11.5. The number of likely N-dealkylation sites (tertiary alicyclic amines) is 1. The van der Waals surface area contributed by atoms with Gasteiger partial charge in [-0.15, -0.1) is 0 Å². The van der Waals surface area contributed by atoms with E-state index in [0.29, 0.717) is 61.6 Å². The fourth-order valence-electron chi connectivity index (χ4n) is 5.54. The minimum absolute atomic E-state index is 0.383. The molecule has 3 aromatic carbocycles. The molecule has 0 spiro atoms. The number of rotatable bonds is 8. The third-order valence-electron chi connectivity index (χ3n) is 7.54. The lowest BCUT2D eigenvalue weighted by Crippen LogP contribution is -2.44. The summed E-state index contributed by atoms with van der Waals surface area (Å²) < 4.78 is 29.2. The van der Waals surface area contributed by atoms with Gasteiger partial charge in [-0.2, -0.15) is 0 Å². The smallest absolute Gasteiger partial charge is 0.320 e. The topological polar surface area (TPSA) is 112 Å². The average molecular weight is 558 g/mol. The van der Waals surface area contributed by atoms with Crippen LogP contribution in [-0.2, 0) is 11.3 Å². The number of piperidine rings is 1. The molecule has 1 atom stereocenters. The number of carbonyl (C=O) groups is 1. The van der Waals surface area contributed by atoms with Crippen molar-refractivity contribution in [1.29, 1.82) is 0 Å². The second-order valence-electron chi connectivity index (χ2n) is 9.97. The molecule has 0 unspecified atom stereocenters. The van der Waals surface area contributed by atoms with Gasteiger partial charge in [0.25, 0.3) is 0 Å². The third kappa shape index (κ3) is 5.30. The first-order valence-corrected chi connectivity index (χ1v) is 13.6. The predicted octanol–water partition coefficient (Wildman–Crippen LogP) is 5.32. The van der Waals surface area contributed by atoms with Crippen LogP contribution in [0, 0.1) is 0 Å². The van der Waals surface area contributed by atoms with Gasteiger partial charge in [0, 0.05) is 24.2 Å². The summed E-state index contributed by atoms with van der Waals surface area (Å²) in [5, 5.41) is 10.5. The summed E-state index contributed by atoms with van der Waals surface area (Å²) in [4.78, 5) is 22.8. The molecule has 4 aromatic rings. The van der Waals surface area contributed by atoms with Crippen LogP contribution in [0.3, 0.4) is 0 Å². The van der Waals surface area contributed by atoms with Crippen molar-refractivity contribution in [1.82, 2.24) is 14.9 Å². The van der Waals surface area contributed by atoms with Crippen molar-refractivity contribution in [2.45, 2.75) is 31.8 Å². The summed E-state index contributed by atoms with van der Waals surface area (Å²) in [7, 11) is 3.15. The van der Waals surface area contributed by atoms with Crippen LogP contribution in [0.2, 0.25) is 0 Å². The Morgan fingerprint density at radius 1 is 1.00 bits per heavy atom. The first-order chi connectivity index (χ1) is 20.1. The van der Waals surface area contributed by atoms with Crippen LogP contribution < -0.4 is 23.7 Å². The number of aromatic nitrogens is 2. The number of fused-ring (bicyclic) bond motifs is 2. The summed E-state index contributed by atoms with van der Waals surface area (Å²) >= 11 is 0. The van der Waals surface area contributed by atoms with Crippen LogP contribution >= 0.6 is 0 Å². The number of aliphatic carboxylic acids is 1. The SMILES string of the molecule is COc1cc(Oc2ncnc3c(-c4ccc5c(c4)OCCO5)cccc23)cc(OC)c1CN1CCCC[C@H]1C(=O)O. The van der Waals surface area contributed by atoms with Gasteiger partial charge in [0.15, 0.2) is 11.5 Å². The highest BCUT2D eigenvalue weighted by Crippen LogP contribution is 2.40. The van der Waals surface area contributed by atoms with E-state index in [1.165, 1.54) is 6.33 Å². The van der Waals surface area contributed by atoms with E-state index in [-0.39, 0.29) is 0 Å². The number of nitrogens with zero attached hydrogens (tertiary/aromatic N) is 3. The van der Waals surface area contributed by atoms with E-state index in [9.17, 15) is 9.90 Å². The summed E-state index contributed by atoms with van der Waals surface area (Å²) in [5.41, 5.74) is 3.35. The van der Waals surface area contributed by atoms with Crippen molar-refractivity contribution >= 4 is 16.9 Å². The Morgan fingerprint density at radius 3 is 2.54 bits per heavy atom. The fraction of sp³-hybridized carbons (Fsp3) is 0.323. The van der Waals surface area contributed by atoms with Crippen LogP contribution in [-0.4, -0.2) is 66.0 Å². The summed E-state index contributed by atoms with van der Waals surface area (Å²) in [6.07, 6.45) is 3.95. The number of benzene rings is 3. The normalized spacial score (nSPS) is 16.8. The molecular weight excluding hydrogens is 526 g/mol. The molecule has 3 heterocycles. The van der Waals surface area contributed by atoms with Crippen molar-refractivity contribution < 1.29 is 33.6 Å². The van der Waals surface area contributed by atoms with Crippen LogP contribution in [0.15, 0.2) is 54.9 Å². The maximum atomic E-state index is 11.9. The molecule has 2 aliphatic rings. The highest BCUT2D eigenvalue weighted by Gasteiger charge is 2.30. The molecule has 0 radical (unpaired) electrons. The minimum Gasteiger partial charge on any atom is -0.496 e. The van der Waals surface area contributed by atoms with Gasteiger partial charge < -0.3 is 28.8 Å². The first kappa shape index (κ1) is 26.6. The maximum Gasteiger partial charge on any atom is 0.320 e. The molecule has 1 N–H and O–H groups in total. The molecule has 10 heteroatoms. The van der Waals surface area contributed by atoms with Gasteiger partial charge >= 0.3 is 5.97 Å². The minimum atomic E-state index is -0.811. The Kier molecular flexibility index (Phi) is 7.47. The van der Waals surface area contributed by atoms with Gasteiger partial charge in [0.2, 0.25) is 5.88 Å². The van der Waals surface area contributed by atoms with E-state index < -0.39 is 12.0 Å². The van der Waals surface area contributed by atoms with Crippen molar-refractivity contribution in [3.05, 3.63) is 60.4 Å². The van der Waals surface area contributed by atoms with Crippen molar-refractivity contribution in [3.63, 3.8) is 0 Å². The van der Waals surface area contributed by atoms with Crippen molar-refractivity contribution in [2.24, 2.45) is 0 Å². The monoisotopic (exact) mass is 557 g/mol. The van der Waals surface area contributed by atoms with E-state index in [4.69, 9.17) is 23.7 Å². The van der Waals surface area contributed by atoms with Gasteiger partial charge in [0.05, 0.1) is 30.7 Å². The molecule has 2 aliphatic heterocycles. The largest absolute Gasteiger partial charge is 0.496 e. The predicted molar refractivity (Wildman–Crippen MR) is 151 cm³/mol. The Labute approximate surface area is 237 Å². The molecule has 10 nitrogen and oxygen atoms in total. The van der Waals surface area contributed by atoms with Crippen LogP contribution in [0.1, 0.15) is 24.8 Å². The van der Waals surface area contributed by atoms with Crippen LogP contribution in [0.25, 0.3) is 22.0 Å². The van der Waals surface area contributed by atoms with Gasteiger partial charge in [0.1, 0.15) is 42.8 Å². The molecule has 1 aromatic heterocycles. The van der Waals surface area contributed by atoms with Gasteiger partial charge in [-0.05, 0) is 43.1 Å². The molecule has 0 aliphatic carbocycles. The lowest BCUT2D eigenvalue weighted by atomic mass is 10.0. The third-order valence-corrected chi connectivity index (χ3v) is 7.54. The van der Waals surface area contributed by atoms with Gasteiger partial charge in [-0.1, -0.05) is 24.6 Å². The molecule has 1 fully saturated rings. The zero-order valence-corrected chi connectivity index (χ0v) is 23.0. The second-order valence-corrected chi connectivity index (χ2v) is 9.97. The Bertz CT molecular complexity index is 1570. The average Bonchev–Trinajstić information content (AvgIpc) is 3.01. The number of hydrogen-bond donors (Lipinski definition) is 1. The standard InChI is InChI=1S/C31H31N3O7/c1-37-26-15-20(16-27(38-2)23(26)17-34-11-4-3-8-24(34)31(35)36)41-30-22-7-5-6-21(29(22)32-18-33-30)19-9-10-25-28(14-19)40-13-12-39-25/h5-7,9-10,14-16,18,24H,3-4,8,11-13,17H2,1-2H3,(H,35,36)/t24-/m0/s1. The fourth-order valence-corrected chi connectivity index (χ4v) is 5.54. The maximum absolute atomic E-state index is 11.9. The van der Waals surface area contributed by atoms with Crippen molar-refractivity contribution in [2.75, 3.05) is 34.0 Å². The van der Waals surface area contributed by atoms with E-state index in [1.54, 1.807) is 26.4 Å². The zero-order valence-electron chi connectivity index (χ0n) is 23.0. The van der Waals surface area contributed by atoms with Gasteiger partial charge in [-0.3, -0.25) is 9.69 Å². The number of carboxylic acid groups (broad SMARTS) is 1. The van der Waals surface area contributed by atoms with Crippen molar-refractivity contribution in [3.8, 4) is 45.8 Å². The number of para-hydroxylation sites is 1. The summed E-state index contributed by atoms with van der Waals surface area (Å²) in [6.45, 7) is 2.13. The van der Waals surface area contributed by atoms with Crippen LogP contribution in [0.5, 0.6) is 34.6 Å². The summed E-state index contributed by atoms with van der Waals surface area (Å²) in [6, 6.07) is 14.7. The molecule has 0 saturated carbocycles. The van der Waals surface area contributed by atoms with E-state index in [2.05, 4.69) is 9.97 Å². The van der Waals surface area contributed by atoms with E-state index in [1.807, 2.05) is 41.3 Å². The highest BCUT2D eigenvalue weighted by atomic mass is 16.6. The molecule has 6 rings (SSSR count). The Hall–Kier alpha value is -4.57. The zero-order chi connectivity index (χ0) is 28.3. The van der Waals surface area contributed by atoms with E-state index in [0.717, 1.165) is 46.2 Å². The summed E-state index contributed by atoms with van der Waals surface area (Å²) in [5.74, 6) is 2.57.